The zero-order valence-corrected chi connectivity index (χ0v) is 9.97. The van der Waals surface area contributed by atoms with Crippen LogP contribution in [0.15, 0.2) is 25.3 Å². The highest BCUT2D eigenvalue weighted by molar-refractivity contribution is 4.70. The highest BCUT2D eigenvalue weighted by Gasteiger charge is 2.16. The first-order chi connectivity index (χ1) is 6.68. The van der Waals surface area contributed by atoms with Gasteiger partial charge < -0.3 is 4.48 Å². The molecule has 0 aliphatic heterocycles. The third-order valence-corrected chi connectivity index (χ3v) is 2.69. The largest absolute Gasteiger partial charge is 0.320 e. The number of nitrogens with zero attached hydrogens (tertiary/aromatic N) is 1. The number of quaternary nitrogens is 1. The van der Waals surface area contributed by atoms with E-state index in [0.29, 0.717) is 0 Å². The first-order valence-corrected chi connectivity index (χ1v) is 5.74. The van der Waals surface area contributed by atoms with E-state index in [1.807, 2.05) is 12.2 Å². The van der Waals surface area contributed by atoms with Crippen molar-refractivity contribution in [3.8, 4) is 0 Å². The molecule has 0 aromatic heterocycles. The molecule has 0 amide bonds. The monoisotopic (exact) mass is 196 g/mol. The number of hydrogen-bond acceptors (Lipinski definition) is 0. The maximum atomic E-state index is 3.82. The Kier molecular flexibility index (Phi) is 7.50. The van der Waals surface area contributed by atoms with Gasteiger partial charge in [0.2, 0.25) is 0 Å². The average Bonchev–Trinajstić information content (AvgIpc) is 2.13. The lowest BCUT2D eigenvalue weighted by molar-refractivity contribution is -0.898. The normalized spacial score (nSPS) is 11.3. The summed E-state index contributed by atoms with van der Waals surface area (Å²) in [5.41, 5.74) is 0. The second-order valence-corrected chi connectivity index (χ2v) is 4.35. The summed E-state index contributed by atoms with van der Waals surface area (Å²) in [4.78, 5) is 0. The molecule has 0 unspecified atom stereocenters. The summed E-state index contributed by atoms with van der Waals surface area (Å²) in [6.07, 6.45) is 9.39. The van der Waals surface area contributed by atoms with Crippen LogP contribution in [0.5, 0.6) is 0 Å². The lowest BCUT2D eigenvalue weighted by atomic mass is 10.2. The van der Waals surface area contributed by atoms with E-state index in [0.717, 1.165) is 17.6 Å². The fourth-order valence-corrected chi connectivity index (χ4v) is 1.80. The van der Waals surface area contributed by atoms with Crippen molar-refractivity contribution in [2.24, 2.45) is 0 Å². The van der Waals surface area contributed by atoms with Crippen molar-refractivity contribution in [2.45, 2.75) is 32.6 Å². The molecular formula is C13H26N+. The van der Waals surface area contributed by atoms with Gasteiger partial charge in [-0.25, -0.2) is 0 Å². The maximum Gasteiger partial charge on any atom is 0.0971 e. The van der Waals surface area contributed by atoms with E-state index in [4.69, 9.17) is 0 Å². The van der Waals surface area contributed by atoms with E-state index >= 15 is 0 Å². The van der Waals surface area contributed by atoms with Gasteiger partial charge in [-0.3, -0.25) is 0 Å². The van der Waals surface area contributed by atoms with Gasteiger partial charge in [-0.05, 0) is 25.0 Å². The van der Waals surface area contributed by atoms with Crippen molar-refractivity contribution in [3.05, 3.63) is 25.3 Å². The molecule has 0 rings (SSSR count). The number of likely N-dealkylation sites (N-methyl/N-ethyl adjacent to an activating group) is 1. The van der Waals surface area contributed by atoms with Gasteiger partial charge >= 0.3 is 0 Å². The summed E-state index contributed by atoms with van der Waals surface area (Å²) in [5.74, 6) is 0. The molecule has 0 atom stereocenters. The quantitative estimate of drug-likeness (QED) is 0.301. The minimum Gasteiger partial charge on any atom is -0.320 e. The summed E-state index contributed by atoms with van der Waals surface area (Å²) in [5, 5.41) is 0. The minimum atomic E-state index is 1.05. The molecule has 14 heavy (non-hydrogen) atoms. The molecule has 0 bridgehead atoms. The molecule has 0 aromatic carbocycles. The van der Waals surface area contributed by atoms with Gasteiger partial charge in [0.25, 0.3) is 0 Å². The Hall–Kier alpha value is -0.560. The van der Waals surface area contributed by atoms with Crippen LogP contribution in [0.3, 0.4) is 0 Å². The summed E-state index contributed by atoms with van der Waals surface area (Å²) < 4.78 is 1.07. The van der Waals surface area contributed by atoms with Gasteiger partial charge in [0.05, 0.1) is 26.7 Å². The van der Waals surface area contributed by atoms with Crippen molar-refractivity contribution in [1.82, 2.24) is 0 Å². The predicted molar refractivity (Wildman–Crippen MR) is 65.3 cm³/mol. The maximum absolute atomic E-state index is 3.82. The molecule has 82 valence electrons. The SMILES string of the molecule is C=CC[N+](C)(CC=C)CCCCCC. The van der Waals surface area contributed by atoms with Crippen LogP contribution in [0.1, 0.15) is 32.6 Å². The molecule has 0 heterocycles. The molecule has 0 radical (unpaired) electrons. The molecule has 0 aliphatic carbocycles. The Morgan fingerprint density at radius 2 is 1.57 bits per heavy atom. The predicted octanol–water partition coefficient (Wildman–Crippen LogP) is 3.39. The van der Waals surface area contributed by atoms with Crippen LogP contribution in [0, 0.1) is 0 Å². The van der Waals surface area contributed by atoms with E-state index < -0.39 is 0 Å². The van der Waals surface area contributed by atoms with Gasteiger partial charge in [0.1, 0.15) is 0 Å². The highest BCUT2D eigenvalue weighted by atomic mass is 15.3. The zero-order chi connectivity index (χ0) is 10.9. The van der Waals surface area contributed by atoms with Crippen LogP contribution in [-0.4, -0.2) is 31.2 Å². The molecule has 1 heteroatoms. The lowest BCUT2D eigenvalue weighted by Crippen LogP contribution is -2.44. The van der Waals surface area contributed by atoms with Crippen LogP contribution >= 0.6 is 0 Å². The van der Waals surface area contributed by atoms with Crippen molar-refractivity contribution < 1.29 is 4.48 Å². The number of rotatable bonds is 9. The van der Waals surface area contributed by atoms with Gasteiger partial charge in [0.15, 0.2) is 0 Å². The van der Waals surface area contributed by atoms with Gasteiger partial charge in [-0.15, -0.1) is 0 Å². The number of unbranched alkanes of at least 4 members (excludes halogenated alkanes) is 3. The van der Waals surface area contributed by atoms with E-state index in [2.05, 4.69) is 27.1 Å². The molecule has 0 spiro atoms. The van der Waals surface area contributed by atoms with E-state index in [1.165, 1.54) is 32.2 Å². The standard InChI is InChI=1S/C13H26N/c1-5-8-9-10-13-14(4,11-6-2)12-7-3/h6-7H,2-3,5,8-13H2,1,4H3/q+1. The van der Waals surface area contributed by atoms with Crippen LogP contribution in [0.2, 0.25) is 0 Å². The smallest absolute Gasteiger partial charge is 0.0971 e. The summed E-state index contributed by atoms with van der Waals surface area (Å²) >= 11 is 0. The van der Waals surface area contributed by atoms with E-state index in [9.17, 15) is 0 Å². The van der Waals surface area contributed by atoms with Crippen LogP contribution in [0.25, 0.3) is 0 Å². The Morgan fingerprint density at radius 3 is 2.00 bits per heavy atom. The molecule has 1 nitrogen and oxygen atoms in total. The first-order valence-electron chi connectivity index (χ1n) is 5.74. The molecule has 0 saturated carbocycles. The van der Waals surface area contributed by atoms with Crippen LogP contribution in [0.4, 0.5) is 0 Å². The topological polar surface area (TPSA) is 0 Å². The molecule has 0 aromatic rings. The average molecular weight is 196 g/mol. The van der Waals surface area contributed by atoms with Gasteiger partial charge in [-0.1, -0.05) is 32.9 Å². The van der Waals surface area contributed by atoms with Gasteiger partial charge in [-0.2, -0.15) is 0 Å². The first kappa shape index (κ1) is 13.4. The van der Waals surface area contributed by atoms with E-state index in [-0.39, 0.29) is 0 Å². The summed E-state index contributed by atoms with van der Waals surface area (Å²) in [6.45, 7) is 13.3. The summed E-state index contributed by atoms with van der Waals surface area (Å²) in [6, 6.07) is 0. The summed E-state index contributed by atoms with van der Waals surface area (Å²) in [7, 11) is 2.29. The van der Waals surface area contributed by atoms with Crippen molar-refractivity contribution >= 4 is 0 Å². The zero-order valence-electron chi connectivity index (χ0n) is 9.97. The van der Waals surface area contributed by atoms with Crippen molar-refractivity contribution in [2.75, 3.05) is 26.7 Å². The highest BCUT2D eigenvalue weighted by Crippen LogP contribution is 2.08. The Labute approximate surface area is 89.7 Å². The second kappa shape index (κ2) is 7.81. The Balaban J connectivity index is 3.82. The Bertz CT molecular complexity index is 151. The fourth-order valence-electron chi connectivity index (χ4n) is 1.80. The molecular weight excluding hydrogens is 170 g/mol. The number of hydrogen-bond donors (Lipinski definition) is 0. The lowest BCUT2D eigenvalue weighted by Gasteiger charge is -2.32. The fraction of sp³-hybridized carbons (Fsp3) is 0.692. The Morgan fingerprint density at radius 1 is 1.00 bits per heavy atom. The van der Waals surface area contributed by atoms with Crippen LogP contribution in [-0.2, 0) is 0 Å². The van der Waals surface area contributed by atoms with Crippen molar-refractivity contribution in [3.63, 3.8) is 0 Å². The molecule has 0 aliphatic rings. The third-order valence-electron chi connectivity index (χ3n) is 2.69. The molecule has 0 N–H and O–H groups in total. The molecule has 0 fully saturated rings. The van der Waals surface area contributed by atoms with Crippen LogP contribution < -0.4 is 0 Å². The minimum absolute atomic E-state index is 1.05. The van der Waals surface area contributed by atoms with Crippen molar-refractivity contribution in [1.29, 1.82) is 0 Å². The van der Waals surface area contributed by atoms with E-state index in [1.54, 1.807) is 0 Å². The second-order valence-electron chi connectivity index (χ2n) is 4.35. The van der Waals surface area contributed by atoms with Gasteiger partial charge in [0, 0.05) is 0 Å². The molecule has 0 saturated heterocycles. The third kappa shape index (κ3) is 5.98.